The van der Waals surface area contributed by atoms with Crippen LogP contribution in [0.1, 0.15) is 11.9 Å². The summed E-state index contributed by atoms with van der Waals surface area (Å²) in [5.74, 6) is 0.781. The SMILES string of the molecule is CCOc1ccc(-c2csc(CCN)n2)c(Cl)c1. The Bertz CT molecular complexity index is 527. The van der Waals surface area contributed by atoms with Crippen LogP contribution in [0.5, 0.6) is 5.75 Å². The van der Waals surface area contributed by atoms with Crippen LogP contribution in [0.25, 0.3) is 11.3 Å². The highest BCUT2D eigenvalue weighted by atomic mass is 35.5. The van der Waals surface area contributed by atoms with Crippen LogP contribution >= 0.6 is 22.9 Å². The standard InChI is InChI=1S/C13H15ClN2OS/c1-2-17-9-3-4-10(11(14)7-9)12-8-18-13(16-12)5-6-15/h3-4,7-8H,2,5-6,15H2,1H3. The molecule has 2 N–H and O–H groups in total. The summed E-state index contributed by atoms with van der Waals surface area (Å²) in [4.78, 5) is 4.52. The van der Waals surface area contributed by atoms with Crippen LogP contribution in [0.2, 0.25) is 5.02 Å². The molecule has 2 rings (SSSR count). The summed E-state index contributed by atoms with van der Waals surface area (Å²) in [6.07, 6.45) is 0.805. The van der Waals surface area contributed by atoms with Gasteiger partial charge in [0.2, 0.25) is 0 Å². The number of ether oxygens (including phenoxy) is 1. The van der Waals surface area contributed by atoms with E-state index >= 15 is 0 Å². The first-order valence-corrected chi connectivity index (χ1v) is 7.07. The fourth-order valence-electron chi connectivity index (χ4n) is 1.63. The maximum Gasteiger partial charge on any atom is 0.120 e. The quantitative estimate of drug-likeness (QED) is 0.915. The summed E-state index contributed by atoms with van der Waals surface area (Å²) in [6.45, 7) is 3.19. The largest absolute Gasteiger partial charge is 0.494 e. The summed E-state index contributed by atoms with van der Waals surface area (Å²) < 4.78 is 5.40. The molecule has 0 aliphatic rings. The highest BCUT2D eigenvalue weighted by molar-refractivity contribution is 7.09. The molecule has 0 bridgehead atoms. The van der Waals surface area contributed by atoms with Gasteiger partial charge in [0, 0.05) is 17.4 Å². The van der Waals surface area contributed by atoms with E-state index in [4.69, 9.17) is 22.1 Å². The van der Waals surface area contributed by atoms with E-state index in [1.54, 1.807) is 11.3 Å². The van der Waals surface area contributed by atoms with Crippen LogP contribution in [0.15, 0.2) is 23.6 Å². The second-order valence-electron chi connectivity index (χ2n) is 3.74. The lowest BCUT2D eigenvalue weighted by Crippen LogP contribution is -2.02. The molecule has 0 atom stereocenters. The molecule has 3 nitrogen and oxygen atoms in total. The van der Waals surface area contributed by atoms with Crippen LogP contribution in [0, 0.1) is 0 Å². The molecule has 0 aliphatic carbocycles. The first-order chi connectivity index (χ1) is 8.74. The van der Waals surface area contributed by atoms with Gasteiger partial charge in [0.15, 0.2) is 0 Å². The minimum atomic E-state index is 0.615. The van der Waals surface area contributed by atoms with E-state index in [9.17, 15) is 0 Å². The summed E-state index contributed by atoms with van der Waals surface area (Å²) in [5, 5.41) is 3.70. The van der Waals surface area contributed by atoms with E-state index < -0.39 is 0 Å². The van der Waals surface area contributed by atoms with Crippen molar-refractivity contribution in [2.45, 2.75) is 13.3 Å². The first kappa shape index (κ1) is 13.3. The van der Waals surface area contributed by atoms with E-state index in [-0.39, 0.29) is 0 Å². The summed E-state index contributed by atoms with van der Waals surface area (Å²) in [6, 6.07) is 5.67. The fourth-order valence-corrected chi connectivity index (χ4v) is 2.71. The Morgan fingerprint density at radius 3 is 2.94 bits per heavy atom. The summed E-state index contributed by atoms with van der Waals surface area (Å²) >= 11 is 7.86. The Balaban J connectivity index is 2.26. The first-order valence-electron chi connectivity index (χ1n) is 5.81. The molecular weight excluding hydrogens is 268 g/mol. The summed E-state index contributed by atoms with van der Waals surface area (Å²) in [7, 11) is 0. The van der Waals surface area contributed by atoms with Gasteiger partial charge in [0.05, 0.1) is 22.3 Å². The molecule has 5 heteroatoms. The molecule has 1 aromatic carbocycles. The molecule has 1 aromatic heterocycles. The Labute approximate surface area is 116 Å². The zero-order valence-electron chi connectivity index (χ0n) is 10.1. The highest BCUT2D eigenvalue weighted by Gasteiger charge is 2.09. The number of rotatable bonds is 5. The second kappa shape index (κ2) is 6.18. The van der Waals surface area contributed by atoms with E-state index in [2.05, 4.69) is 4.98 Å². The molecule has 0 saturated heterocycles. The van der Waals surface area contributed by atoms with Gasteiger partial charge in [-0.2, -0.15) is 0 Å². The van der Waals surface area contributed by atoms with Crippen molar-refractivity contribution in [2.24, 2.45) is 5.73 Å². The van der Waals surface area contributed by atoms with Gasteiger partial charge in [0.1, 0.15) is 5.75 Å². The molecule has 0 unspecified atom stereocenters. The van der Waals surface area contributed by atoms with Gasteiger partial charge in [-0.1, -0.05) is 11.6 Å². The van der Waals surface area contributed by atoms with Crippen molar-refractivity contribution in [1.82, 2.24) is 4.98 Å². The molecule has 1 heterocycles. The van der Waals surface area contributed by atoms with Crippen molar-refractivity contribution in [1.29, 1.82) is 0 Å². The Morgan fingerprint density at radius 1 is 1.44 bits per heavy atom. The van der Waals surface area contributed by atoms with Gasteiger partial charge in [-0.25, -0.2) is 4.98 Å². The number of benzene rings is 1. The molecule has 0 amide bonds. The van der Waals surface area contributed by atoms with E-state index in [0.29, 0.717) is 18.2 Å². The lowest BCUT2D eigenvalue weighted by Gasteiger charge is -2.05. The van der Waals surface area contributed by atoms with Crippen molar-refractivity contribution in [2.75, 3.05) is 13.2 Å². The second-order valence-corrected chi connectivity index (χ2v) is 5.09. The Kier molecular flexibility index (Phi) is 4.58. The summed E-state index contributed by atoms with van der Waals surface area (Å²) in [5.41, 5.74) is 7.35. The van der Waals surface area contributed by atoms with Gasteiger partial charge in [-0.15, -0.1) is 11.3 Å². The van der Waals surface area contributed by atoms with Gasteiger partial charge < -0.3 is 10.5 Å². The Hall–Kier alpha value is -1.10. The van der Waals surface area contributed by atoms with Crippen LogP contribution in [-0.4, -0.2) is 18.1 Å². The van der Waals surface area contributed by atoms with Gasteiger partial charge in [-0.3, -0.25) is 0 Å². The average Bonchev–Trinajstić information content (AvgIpc) is 2.78. The third-order valence-electron chi connectivity index (χ3n) is 2.44. The van der Waals surface area contributed by atoms with Crippen LogP contribution < -0.4 is 10.5 Å². The third-order valence-corrected chi connectivity index (χ3v) is 3.66. The molecular formula is C13H15ClN2OS. The molecule has 0 radical (unpaired) electrons. The number of aromatic nitrogens is 1. The van der Waals surface area contributed by atoms with Gasteiger partial charge >= 0.3 is 0 Å². The molecule has 2 aromatic rings. The monoisotopic (exact) mass is 282 g/mol. The normalized spacial score (nSPS) is 10.6. The predicted molar refractivity (Wildman–Crippen MR) is 76.5 cm³/mol. The minimum absolute atomic E-state index is 0.615. The van der Waals surface area contributed by atoms with Crippen molar-refractivity contribution in [3.8, 4) is 17.0 Å². The zero-order valence-corrected chi connectivity index (χ0v) is 11.7. The van der Waals surface area contributed by atoms with Gasteiger partial charge in [0.25, 0.3) is 0 Å². The average molecular weight is 283 g/mol. The number of nitrogens with two attached hydrogens (primary N) is 1. The molecule has 0 spiro atoms. The minimum Gasteiger partial charge on any atom is -0.494 e. The fraction of sp³-hybridized carbons (Fsp3) is 0.308. The lowest BCUT2D eigenvalue weighted by molar-refractivity contribution is 0.340. The third kappa shape index (κ3) is 3.02. The smallest absolute Gasteiger partial charge is 0.120 e. The maximum atomic E-state index is 6.25. The molecule has 0 fully saturated rings. The van der Waals surface area contributed by atoms with Crippen LogP contribution in [-0.2, 0) is 6.42 Å². The van der Waals surface area contributed by atoms with E-state index in [0.717, 1.165) is 28.4 Å². The zero-order chi connectivity index (χ0) is 13.0. The highest BCUT2D eigenvalue weighted by Crippen LogP contribution is 2.31. The number of thiazole rings is 1. The molecule has 18 heavy (non-hydrogen) atoms. The van der Waals surface area contributed by atoms with E-state index in [1.165, 1.54) is 0 Å². The van der Waals surface area contributed by atoms with Crippen molar-refractivity contribution >= 4 is 22.9 Å². The van der Waals surface area contributed by atoms with Crippen LogP contribution in [0.3, 0.4) is 0 Å². The number of hydrogen-bond acceptors (Lipinski definition) is 4. The lowest BCUT2D eigenvalue weighted by atomic mass is 10.1. The number of halogens is 1. The van der Waals surface area contributed by atoms with Crippen molar-refractivity contribution in [3.63, 3.8) is 0 Å². The van der Waals surface area contributed by atoms with Gasteiger partial charge in [-0.05, 0) is 31.7 Å². The van der Waals surface area contributed by atoms with E-state index in [1.807, 2.05) is 30.5 Å². The van der Waals surface area contributed by atoms with Crippen molar-refractivity contribution in [3.05, 3.63) is 33.6 Å². The Morgan fingerprint density at radius 2 is 2.28 bits per heavy atom. The molecule has 0 saturated carbocycles. The van der Waals surface area contributed by atoms with Crippen molar-refractivity contribution < 1.29 is 4.74 Å². The topological polar surface area (TPSA) is 48.1 Å². The number of nitrogens with zero attached hydrogens (tertiary/aromatic N) is 1. The number of hydrogen-bond donors (Lipinski definition) is 1. The molecule has 0 aliphatic heterocycles. The van der Waals surface area contributed by atoms with Crippen LogP contribution in [0.4, 0.5) is 0 Å². The predicted octanol–water partition coefficient (Wildman–Crippen LogP) is 3.36. The molecule has 96 valence electrons. The maximum absolute atomic E-state index is 6.25.